The van der Waals surface area contributed by atoms with E-state index >= 15 is 0 Å². The second kappa shape index (κ2) is 4.43. The lowest BCUT2D eigenvalue weighted by atomic mass is 9.80. The van der Waals surface area contributed by atoms with E-state index in [1.165, 1.54) is 5.56 Å². The summed E-state index contributed by atoms with van der Waals surface area (Å²) in [5.74, 6) is 0.787. The third-order valence-corrected chi connectivity index (χ3v) is 4.30. The first-order valence-electron chi connectivity index (χ1n) is 6.26. The van der Waals surface area contributed by atoms with Crippen LogP contribution in [0.3, 0.4) is 0 Å². The van der Waals surface area contributed by atoms with Crippen molar-refractivity contribution in [2.45, 2.75) is 25.3 Å². The van der Waals surface area contributed by atoms with E-state index in [4.69, 9.17) is 11.6 Å². The number of hydrogen-bond acceptors (Lipinski definition) is 2. The highest BCUT2D eigenvalue weighted by Crippen LogP contribution is 2.30. The Morgan fingerprint density at radius 1 is 1.18 bits per heavy atom. The molecule has 3 saturated heterocycles. The summed E-state index contributed by atoms with van der Waals surface area (Å²) in [6.07, 6.45) is 2.97. The van der Waals surface area contributed by atoms with E-state index in [-0.39, 0.29) is 6.04 Å². The SMILES string of the molecule is O=C1C2CCN(CC2)C1Cc1ccc(Cl)cc1. The van der Waals surface area contributed by atoms with Gasteiger partial charge in [0.15, 0.2) is 5.78 Å². The van der Waals surface area contributed by atoms with E-state index in [0.717, 1.165) is 37.4 Å². The number of nitrogens with zero attached hydrogens (tertiary/aromatic N) is 1. The molecule has 4 rings (SSSR count). The number of carbonyl (C=O) groups is 1. The summed E-state index contributed by atoms with van der Waals surface area (Å²) in [7, 11) is 0. The van der Waals surface area contributed by atoms with Crippen LogP contribution in [0.5, 0.6) is 0 Å². The average molecular weight is 250 g/mol. The molecule has 1 atom stereocenters. The Hall–Kier alpha value is -0.860. The van der Waals surface area contributed by atoms with Crippen molar-refractivity contribution in [1.82, 2.24) is 4.90 Å². The fourth-order valence-electron chi connectivity index (χ4n) is 3.02. The summed E-state index contributed by atoms with van der Waals surface area (Å²) in [6.45, 7) is 2.18. The molecule has 3 aliphatic rings. The molecule has 90 valence electrons. The van der Waals surface area contributed by atoms with Gasteiger partial charge in [0.25, 0.3) is 0 Å². The maximum Gasteiger partial charge on any atom is 0.153 e. The van der Waals surface area contributed by atoms with E-state index in [2.05, 4.69) is 4.90 Å². The predicted molar refractivity (Wildman–Crippen MR) is 68.2 cm³/mol. The monoisotopic (exact) mass is 249 g/mol. The lowest BCUT2D eigenvalue weighted by Gasteiger charge is -2.44. The standard InChI is InChI=1S/C14H16ClNO/c15-12-3-1-10(2-4-12)9-13-14(17)11-5-7-16(13)8-6-11/h1-4,11,13H,5-9H2. The molecule has 0 N–H and O–H groups in total. The van der Waals surface area contributed by atoms with Crippen LogP contribution in [0.15, 0.2) is 24.3 Å². The maximum absolute atomic E-state index is 12.2. The highest BCUT2D eigenvalue weighted by molar-refractivity contribution is 6.30. The molecule has 0 spiro atoms. The third kappa shape index (κ3) is 2.12. The number of halogens is 1. The van der Waals surface area contributed by atoms with Gasteiger partial charge in [0.1, 0.15) is 0 Å². The van der Waals surface area contributed by atoms with Crippen molar-refractivity contribution in [3.05, 3.63) is 34.9 Å². The lowest BCUT2D eigenvalue weighted by Crippen LogP contribution is -2.56. The van der Waals surface area contributed by atoms with Crippen LogP contribution >= 0.6 is 11.6 Å². The topological polar surface area (TPSA) is 20.3 Å². The zero-order chi connectivity index (χ0) is 11.8. The molecule has 3 aliphatic heterocycles. The van der Waals surface area contributed by atoms with Crippen molar-refractivity contribution in [3.8, 4) is 0 Å². The summed E-state index contributed by atoms with van der Waals surface area (Å²) < 4.78 is 0. The highest BCUT2D eigenvalue weighted by atomic mass is 35.5. The van der Waals surface area contributed by atoms with Gasteiger partial charge in [-0.1, -0.05) is 23.7 Å². The van der Waals surface area contributed by atoms with Gasteiger partial charge in [0.2, 0.25) is 0 Å². The molecule has 1 unspecified atom stereocenters. The fraction of sp³-hybridized carbons (Fsp3) is 0.500. The van der Waals surface area contributed by atoms with Crippen molar-refractivity contribution in [2.75, 3.05) is 13.1 Å². The van der Waals surface area contributed by atoms with Crippen LogP contribution in [0.4, 0.5) is 0 Å². The van der Waals surface area contributed by atoms with Gasteiger partial charge in [0.05, 0.1) is 6.04 Å². The molecule has 1 aromatic rings. The van der Waals surface area contributed by atoms with E-state index in [1.54, 1.807) is 0 Å². The zero-order valence-electron chi connectivity index (χ0n) is 9.73. The second-order valence-corrected chi connectivity index (χ2v) is 5.50. The third-order valence-electron chi connectivity index (χ3n) is 4.04. The Balaban J connectivity index is 1.76. The van der Waals surface area contributed by atoms with Crippen LogP contribution in [-0.2, 0) is 11.2 Å². The van der Waals surface area contributed by atoms with Crippen molar-refractivity contribution in [3.63, 3.8) is 0 Å². The highest BCUT2D eigenvalue weighted by Gasteiger charge is 2.40. The molecule has 0 saturated carbocycles. The van der Waals surface area contributed by atoms with Crippen LogP contribution in [0.2, 0.25) is 5.02 Å². The molecule has 0 aliphatic carbocycles. The minimum atomic E-state index is 0.115. The van der Waals surface area contributed by atoms with Crippen molar-refractivity contribution < 1.29 is 4.79 Å². The number of ketones is 1. The number of rotatable bonds is 2. The number of benzene rings is 1. The molecule has 3 heterocycles. The van der Waals surface area contributed by atoms with E-state index in [9.17, 15) is 4.79 Å². The Bertz CT molecular complexity index is 420. The van der Waals surface area contributed by atoms with Crippen molar-refractivity contribution in [2.24, 2.45) is 5.92 Å². The maximum atomic E-state index is 12.2. The first-order chi connectivity index (χ1) is 8.24. The molecule has 3 heteroatoms. The Labute approximate surface area is 107 Å². The minimum absolute atomic E-state index is 0.115. The second-order valence-electron chi connectivity index (χ2n) is 5.06. The van der Waals surface area contributed by atoms with Gasteiger partial charge in [-0.25, -0.2) is 0 Å². The van der Waals surface area contributed by atoms with Gasteiger partial charge in [-0.3, -0.25) is 9.69 Å². The Morgan fingerprint density at radius 3 is 2.41 bits per heavy atom. The van der Waals surface area contributed by atoms with Crippen molar-refractivity contribution in [1.29, 1.82) is 0 Å². The molecule has 0 radical (unpaired) electrons. The number of hydrogen-bond donors (Lipinski definition) is 0. The lowest BCUT2D eigenvalue weighted by molar-refractivity contribution is -0.136. The van der Waals surface area contributed by atoms with Gasteiger partial charge in [-0.15, -0.1) is 0 Å². The number of piperidine rings is 3. The van der Waals surface area contributed by atoms with Crippen LogP contribution in [0.1, 0.15) is 18.4 Å². The zero-order valence-corrected chi connectivity index (χ0v) is 10.5. The quantitative estimate of drug-likeness (QED) is 0.803. The summed E-state index contributed by atoms with van der Waals surface area (Å²) in [4.78, 5) is 14.5. The summed E-state index contributed by atoms with van der Waals surface area (Å²) in [6, 6.07) is 7.97. The van der Waals surface area contributed by atoms with Crippen molar-refractivity contribution >= 4 is 17.4 Å². The predicted octanol–water partition coefficient (Wildman–Crippen LogP) is 2.55. The van der Waals surface area contributed by atoms with Crippen LogP contribution in [0.25, 0.3) is 0 Å². The largest absolute Gasteiger partial charge is 0.298 e. The van der Waals surface area contributed by atoms with Gasteiger partial charge in [-0.05, 0) is 50.0 Å². The van der Waals surface area contributed by atoms with Gasteiger partial charge in [0, 0.05) is 10.9 Å². The van der Waals surface area contributed by atoms with E-state index in [0.29, 0.717) is 11.7 Å². The summed E-state index contributed by atoms with van der Waals surface area (Å²) in [5.41, 5.74) is 1.21. The molecule has 2 bridgehead atoms. The first kappa shape index (κ1) is 11.2. The van der Waals surface area contributed by atoms with Crippen LogP contribution < -0.4 is 0 Å². The molecule has 17 heavy (non-hydrogen) atoms. The molecular weight excluding hydrogens is 234 g/mol. The van der Waals surface area contributed by atoms with Gasteiger partial charge in [-0.2, -0.15) is 0 Å². The number of fused-ring (bicyclic) bond motifs is 3. The smallest absolute Gasteiger partial charge is 0.153 e. The Kier molecular flexibility index (Phi) is 2.93. The molecule has 3 fully saturated rings. The van der Waals surface area contributed by atoms with Gasteiger partial charge >= 0.3 is 0 Å². The molecule has 0 aromatic heterocycles. The molecular formula is C14H16ClNO. The fourth-order valence-corrected chi connectivity index (χ4v) is 3.15. The molecule has 0 amide bonds. The summed E-state index contributed by atoms with van der Waals surface area (Å²) >= 11 is 5.87. The Morgan fingerprint density at radius 2 is 1.82 bits per heavy atom. The minimum Gasteiger partial charge on any atom is -0.298 e. The molecule has 2 nitrogen and oxygen atoms in total. The van der Waals surface area contributed by atoms with Gasteiger partial charge < -0.3 is 0 Å². The van der Waals surface area contributed by atoms with Crippen LogP contribution in [-0.4, -0.2) is 29.8 Å². The number of Topliss-reactive ketones (excluding diaryl/α,β-unsaturated/α-hetero) is 1. The number of carbonyl (C=O) groups excluding carboxylic acids is 1. The van der Waals surface area contributed by atoms with Crippen LogP contribution in [0, 0.1) is 5.92 Å². The van der Waals surface area contributed by atoms with E-state index in [1.807, 2.05) is 24.3 Å². The average Bonchev–Trinajstić information content (AvgIpc) is 2.37. The van der Waals surface area contributed by atoms with E-state index < -0.39 is 0 Å². The molecule has 1 aromatic carbocycles. The normalized spacial score (nSPS) is 31.8. The first-order valence-corrected chi connectivity index (χ1v) is 6.64. The summed E-state index contributed by atoms with van der Waals surface area (Å²) in [5, 5.41) is 0.755.